The number of para-hydroxylation sites is 1. The monoisotopic (exact) mass is 417 g/mol. The van der Waals surface area contributed by atoms with E-state index < -0.39 is 5.41 Å². The lowest BCUT2D eigenvalue weighted by Gasteiger charge is -2.33. The Kier molecular flexibility index (Phi) is 6.44. The molecule has 5 heteroatoms. The Labute approximate surface area is 183 Å². The summed E-state index contributed by atoms with van der Waals surface area (Å²) in [6, 6.07) is 22.4. The quantitative estimate of drug-likeness (QED) is 0.529. The van der Waals surface area contributed by atoms with Crippen molar-refractivity contribution in [2.45, 2.75) is 18.9 Å². The highest BCUT2D eigenvalue weighted by atomic mass is 35.5. The Balaban J connectivity index is 0.00000256. The van der Waals surface area contributed by atoms with Gasteiger partial charge in [-0.15, -0.1) is 12.4 Å². The number of nitriles is 1. The van der Waals surface area contributed by atoms with Crippen molar-refractivity contribution in [1.82, 2.24) is 9.55 Å². The predicted octanol–water partition coefficient (Wildman–Crippen LogP) is 5.77. The van der Waals surface area contributed by atoms with Crippen molar-refractivity contribution >= 4 is 12.4 Å². The van der Waals surface area contributed by atoms with Gasteiger partial charge in [0.1, 0.15) is 5.75 Å². The molecular weight excluding hydrogens is 394 g/mol. The van der Waals surface area contributed by atoms with Crippen molar-refractivity contribution in [3.63, 3.8) is 0 Å². The van der Waals surface area contributed by atoms with Crippen molar-refractivity contribution in [2.24, 2.45) is 12.5 Å². The zero-order valence-corrected chi connectivity index (χ0v) is 17.8. The third-order valence-electron chi connectivity index (χ3n) is 5.45. The molecule has 4 nitrogen and oxygen atoms in total. The van der Waals surface area contributed by atoms with E-state index >= 15 is 0 Å². The molecule has 3 aromatic rings. The molecule has 0 N–H and O–H groups in total. The molecule has 3 atom stereocenters. The predicted molar refractivity (Wildman–Crippen MR) is 120 cm³/mol. The van der Waals surface area contributed by atoms with Gasteiger partial charge in [0, 0.05) is 13.0 Å². The van der Waals surface area contributed by atoms with E-state index in [2.05, 4.69) is 29.3 Å². The number of ether oxygens (including phenoxy) is 1. The third-order valence-corrected chi connectivity index (χ3v) is 5.45. The second-order valence-electron chi connectivity index (χ2n) is 7.52. The lowest BCUT2D eigenvalue weighted by atomic mass is 9.70. The maximum absolute atomic E-state index is 9.89. The Morgan fingerprint density at radius 3 is 2.37 bits per heavy atom. The van der Waals surface area contributed by atoms with Crippen molar-refractivity contribution in [3.05, 3.63) is 108 Å². The summed E-state index contributed by atoms with van der Waals surface area (Å²) in [5.41, 5.74) is 2.47. The summed E-state index contributed by atoms with van der Waals surface area (Å²) < 4.78 is 8.37. The minimum atomic E-state index is -0.616. The van der Waals surface area contributed by atoms with Gasteiger partial charge in [-0.25, -0.2) is 4.98 Å². The summed E-state index contributed by atoms with van der Waals surface area (Å²) in [5, 5.41) is 9.89. The Bertz CT molecular complexity index is 1080. The van der Waals surface area contributed by atoms with Gasteiger partial charge in [-0.1, -0.05) is 66.8 Å². The molecule has 1 aliphatic carbocycles. The Hall–Kier alpha value is -3.29. The summed E-state index contributed by atoms with van der Waals surface area (Å²) >= 11 is 0. The van der Waals surface area contributed by atoms with E-state index in [1.807, 2.05) is 85.4 Å². The van der Waals surface area contributed by atoms with Gasteiger partial charge in [0.25, 0.3) is 0 Å². The van der Waals surface area contributed by atoms with Gasteiger partial charge >= 0.3 is 0 Å². The number of imidazole rings is 1. The van der Waals surface area contributed by atoms with Crippen molar-refractivity contribution in [2.75, 3.05) is 0 Å². The van der Waals surface area contributed by atoms with Crippen LogP contribution >= 0.6 is 12.4 Å². The van der Waals surface area contributed by atoms with Crippen molar-refractivity contribution in [3.8, 4) is 11.8 Å². The van der Waals surface area contributed by atoms with Crippen LogP contribution in [0.2, 0.25) is 0 Å². The van der Waals surface area contributed by atoms with E-state index in [0.29, 0.717) is 0 Å². The lowest BCUT2D eigenvalue weighted by Crippen LogP contribution is -2.25. The molecular formula is C25H24ClN3O. The number of hydrogen-bond acceptors (Lipinski definition) is 3. The van der Waals surface area contributed by atoms with Crippen LogP contribution in [0.4, 0.5) is 0 Å². The number of allylic oxidation sites excluding steroid dienone is 2. The molecule has 0 spiro atoms. The maximum atomic E-state index is 9.89. The van der Waals surface area contributed by atoms with Gasteiger partial charge in [-0.2, -0.15) is 5.26 Å². The van der Waals surface area contributed by atoms with Gasteiger partial charge in [0.15, 0.2) is 6.10 Å². The van der Waals surface area contributed by atoms with Crippen LogP contribution < -0.4 is 4.74 Å². The SMILES string of the molecule is Cl.Cn1cncc1C(Oc1ccccc1)C1=CC(c2ccccc2)C(C)(C#N)C=C1. The van der Waals surface area contributed by atoms with E-state index in [1.54, 1.807) is 6.33 Å². The largest absolute Gasteiger partial charge is 0.479 e. The Morgan fingerprint density at radius 2 is 1.77 bits per heavy atom. The first-order valence-corrected chi connectivity index (χ1v) is 9.66. The molecule has 1 aromatic heterocycles. The molecule has 1 aliphatic rings. The van der Waals surface area contributed by atoms with Crippen LogP contribution in [0.15, 0.2) is 97.0 Å². The highest BCUT2D eigenvalue weighted by molar-refractivity contribution is 5.85. The number of halogens is 1. The summed E-state index contributed by atoms with van der Waals surface area (Å²) in [4.78, 5) is 4.28. The first-order valence-electron chi connectivity index (χ1n) is 9.66. The minimum absolute atomic E-state index is 0. The molecule has 152 valence electrons. The highest BCUT2D eigenvalue weighted by Gasteiger charge is 2.36. The number of aromatic nitrogens is 2. The Morgan fingerprint density at radius 1 is 1.10 bits per heavy atom. The second kappa shape index (κ2) is 9.02. The molecule has 0 saturated carbocycles. The summed E-state index contributed by atoms with van der Waals surface area (Å²) in [6.07, 6.45) is 9.46. The van der Waals surface area contributed by atoms with Crippen LogP contribution in [0.5, 0.6) is 5.75 Å². The third kappa shape index (κ3) is 4.17. The zero-order chi connectivity index (χ0) is 20.3. The number of hydrogen-bond donors (Lipinski definition) is 0. The summed E-state index contributed by atoms with van der Waals surface area (Å²) in [5.74, 6) is 0.724. The van der Waals surface area contributed by atoms with Crippen LogP contribution in [0.3, 0.4) is 0 Å². The van der Waals surface area contributed by atoms with Gasteiger partial charge in [-0.3, -0.25) is 0 Å². The van der Waals surface area contributed by atoms with Crippen LogP contribution in [0.1, 0.15) is 30.2 Å². The molecule has 0 fully saturated rings. The smallest absolute Gasteiger partial charge is 0.165 e. The van der Waals surface area contributed by atoms with Crippen LogP contribution in [0.25, 0.3) is 0 Å². The van der Waals surface area contributed by atoms with Gasteiger partial charge in [-0.05, 0) is 30.2 Å². The minimum Gasteiger partial charge on any atom is -0.479 e. The van der Waals surface area contributed by atoms with Crippen LogP contribution in [0, 0.1) is 16.7 Å². The van der Waals surface area contributed by atoms with Crippen molar-refractivity contribution in [1.29, 1.82) is 5.26 Å². The zero-order valence-electron chi connectivity index (χ0n) is 17.0. The number of nitrogens with zero attached hydrogens (tertiary/aromatic N) is 3. The first-order chi connectivity index (χ1) is 14.1. The van der Waals surface area contributed by atoms with E-state index in [4.69, 9.17) is 4.74 Å². The fourth-order valence-corrected chi connectivity index (χ4v) is 3.73. The molecule has 3 unspecified atom stereocenters. The molecule has 0 amide bonds. The number of aryl methyl sites for hydroxylation is 1. The van der Waals surface area contributed by atoms with Crippen LogP contribution in [-0.2, 0) is 7.05 Å². The molecule has 0 radical (unpaired) electrons. The highest BCUT2D eigenvalue weighted by Crippen LogP contribution is 2.44. The van der Waals surface area contributed by atoms with Gasteiger partial charge in [0.05, 0.1) is 29.7 Å². The van der Waals surface area contributed by atoms with E-state index in [9.17, 15) is 5.26 Å². The standard InChI is InChI=1S/C25H23N3O.ClH/c1-25(17-26)14-13-20(15-22(25)19-9-5-3-6-10-19)24(23-16-27-18-28(23)2)29-21-11-7-4-8-12-21;/h3-16,18,22,24H,1-2H3;1H. The van der Waals surface area contributed by atoms with E-state index in [1.165, 1.54) is 0 Å². The van der Waals surface area contributed by atoms with Gasteiger partial charge in [0.2, 0.25) is 0 Å². The normalized spacial score (nSPS) is 21.1. The van der Waals surface area contributed by atoms with E-state index in [0.717, 1.165) is 22.6 Å². The van der Waals surface area contributed by atoms with Crippen molar-refractivity contribution < 1.29 is 4.74 Å². The van der Waals surface area contributed by atoms with Crippen LogP contribution in [-0.4, -0.2) is 9.55 Å². The topological polar surface area (TPSA) is 50.8 Å². The first kappa shape index (κ1) is 21.4. The molecule has 0 bridgehead atoms. The summed E-state index contributed by atoms with van der Waals surface area (Å²) in [6.45, 7) is 1.98. The fourth-order valence-electron chi connectivity index (χ4n) is 3.73. The number of rotatable bonds is 5. The fraction of sp³-hybridized carbons (Fsp3) is 0.200. The molecule has 2 aromatic carbocycles. The molecule has 0 aliphatic heterocycles. The molecule has 4 rings (SSSR count). The van der Waals surface area contributed by atoms with E-state index in [-0.39, 0.29) is 24.4 Å². The lowest BCUT2D eigenvalue weighted by molar-refractivity contribution is 0.235. The maximum Gasteiger partial charge on any atom is 0.165 e. The molecule has 30 heavy (non-hydrogen) atoms. The average Bonchev–Trinajstić information content (AvgIpc) is 3.19. The molecule has 1 heterocycles. The molecule has 0 saturated heterocycles. The summed E-state index contributed by atoms with van der Waals surface area (Å²) in [7, 11) is 1.96. The average molecular weight is 418 g/mol. The van der Waals surface area contributed by atoms with Gasteiger partial charge < -0.3 is 9.30 Å². The number of benzene rings is 2. The second-order valence-corrected chi connectivity index (χ2v) is 7.52.